The monoisotopic (exact) mass is 198 g/mol. The molecule has 0 atom stereocenters. The third-order valence-electron chi connectivity index (χ3n) is 3.37. The standard InChI is InChI=1S/C15H18/c1-11-8-9-12(2)15(13(11)3)10-14-6-4-5-7-14/h4-9,14H,10H2,1-3H3. The molecule has 0 unspecified atom stereocenters. The normalized spacial score (nSPS) is 15.1. The van der Waals surface area contributed by atoms with Crippen molar-refractivity contribution < 1.29 is 0 Å². The molecule has 0 saturated heterocycles. The van der Waals surface area contributed by atoms with E-state index in [0.29, 0.717) is 5.92 Å². The Labute approximate surface area is 92.3 Å². The SMILES string of the molecule is Cc1ccc(C)c(CC2C=CC=C2)c1C. The summed E-state index contributed by atoms with van der Waals surface area (Å²) in [5, 5.41) is 0. The molecule has 1 aliphatic carbocycles. The second-order valence-electron chi connectivity index (χ2n) is 4.44. The van der Waals surface area contributed by atoms with Gasteiger partial charge in [0.05, 0.1) is 0 Å². The molecule has 2 rings (SSSR count). The largest absolute Gasteiger partial charge is 0.0773 e. The predicted molar refractivity (Wildman–Crippen MR) is 66.1 cm³/mol. The third kappa shape index (κ3) is 2.04. The molecule has 0 heterocycles. The summed E-state index contributed by atoms with van der Waals surface area (Å²) in [6, 6.07) is 4.45. The van der Waals surface area contributed by atoms with Crippen molar-refractivity contribution in [1.29, 1.82) is 0 Å². The van der Waals surface area contributed by atoms with E-state index >= 15 is 0 Å². The van der Waals surface area contributed by atoms with Crippen molar-refractivity contribution in [3.63, 3.8) is 0 Å². The average molecular weight is 198 g/mol. The number of allylic oxidation sites excluding steroid dienone is 4. The highest BCUT2D eigenvalue weighted by molar-refractivity contribution is 5.40. The Hall–Kier alpha value is -1.30. The molecule has 0 heteroatoms. The summed E-state index contributed by atoms with van der Waals surface area (Å²) >= 11 is 0. The summed E-state index contributed by atoms with van der Waals surface area (Å²) in [6.07, 6.45) is 9.99. The summed E-state index contributed by atoms with van der Waals surface area (Å²) in [6.45, 7) is 6.64. The van der Waals surface area contributed by atoms with Crippen LogP contribution in [0.4, 0.5) is 0 Å². The van der Waals surface area contributed by atoms with Crippen LogP contribution in [-0.4, -0.2) is 0 Å². The van der Waals surface area contributed by atoms with Gasteiger partial charge in [0.15, 0.2) is 0 Å². The quantitative estimate of drug-likeness (QED) is 0.676. The van der Waals surface area contributed by atoms with Gasteiger partial charge in [0.25, 0.3) is 0 Å². The van der Waals surface area contributed by atoms with Gasteiger partial charge in [-0.2, -0.15) is 0 Å². The zero-order chi connectivity index (χ0) is 10.8. The molecule has 1 aromatic carbocycles. The van der Waals surface area contributed by atoms with E-state index in [1.54, 1.807) is 0 Å². The molecule has 0 aromatic heterocycles. The van der Waals surface area contributed by atoms with E-state index in [0.717, 1.165) is 6.42 Å². The molecular weight excluding hydrogens is 180 g/mol. The van der Waals surface area contributed by atoms with Crippen LogP contribution in [0.25, 0.3) is 0 Å². The molecule has 0 spiro atoms. The number of benzene rings is 1. The molecule has 0 fully saturated rings. The minimum absolute atomic E-state index is 0.601. The minimum atomic E-state index is 0.601. The lowest BCUT2D eigenvalue weighted by atomic mass is 9.91. The lowest BCUT2D eigenvalue weighted by molar-refractivity contribution is 0.803. The summed E-state index contributed by atoms with van der Waals surface area (Å²) in [4.78, 5) is 0. The Morgan fingerprint density at radius 1 is 0.933 bits per heavy atom. The Kier molecular flexibility index (Phi) is 2.77. The molecule has 0 amide bonds. The Morgan fingerprint density at radius 3 is 2.20 bits per heavy atom. The van der Waals surface area contributed by atoms with Crippen molar-refractivity contribution in [2.24, 2.45) is 5.92 Å². The lowest BCUT2D eigenvalue weighted by Gasteiger charge is -2.14. The van der Waals surface area contributed by atoms with Gasteiger partial charge in [0.1, 0.15) is 0 Å². The maximum absolute atomic E-state index is 2.28. The second kappa shape index (κ2) is 4.06. The summed E-state index contributed by atoms with van der Waals surface area (Å²) in [5.41, 5.74) is 5.81. The van der Waals surface area contributed by atoms with E-state index in [4.69, 9.17) is 0 Å². The Balaban J connectivity index is 2.30. The number of rotatable bonds is 2. The maximum atomic E-state index is 2.28. The number of aryl methyl sites for hydroxylation is 2. The first-order valence-corrected chi connectivity index (χ1v) is 5.59. The molecule has 78 valence electrons. The van der Waals surface area contributed by atoms with E-state index in [1.165, 1.54) is 22.3 Å². The van der Waals surface area contributed by atoms with Gasteiger partial charge in [-0.1, -0.05) is 36.4 Å². The second-order valence-corrected chi connectivity index (χ2v) is 4.44. The van der Waals surface area contributed by atoms with E-state index in [2.05, 4.69) is 57.2 Å². The van der Waals surface area contributed by atoms with Crippen molar-refractivity contribution in [2.45, 2.75) is 27.2 Å². The highest BCUT2D eigenvalue weighted by Gasteiger charge is 2.10. The van der Waals surface area contributed by atoms with E-state index in [-0.39, 0.29) is 0 Å². The molecule has 0 aliphatic heterocycles. The van der Waals surface area contributed by atoms with Crippen LogP contribution in [0.3, 0.4) is 0 Å². The van der Waals surface area contributed by atoms with Crippen LogP contribution in [0.15, 0.2) is 36.4 Å². The van der Waals surface area contributed by atoms with Crippen LogP contribution in [0.1, 0.15) is 22.3 Å². The highest BCUT2D eigenvalue weighted by atomic mass is 14.1. The van der Waals surface area contributed by atoms with Gasteiger partial charge in [-0.3, -0.25) is 0 Å². The van der Waals surface area contributed by atoms with Crippen molar-refractivity contribution in [3.8, 4) is 0 Å². The molecular formula is C15H18. The Bertz CT molecular complexity index is 410. The molecule has 0 nitrogen and oxygen atoms in total. The van der Waals surface area contributed by atoms with Crippen molar-refractivity contribution in [3.05, 3.63) is 58.7 Å². The van der Waals surface area contributed by atoms with Crippen LogP contribution < -0.4 is 0 Å². The third-order valence-corrected chi connectivity index (χ3v) is 3.37. The highest BCUT2D eigenvalue weighted by Crippen LogP contribution is 2.23. The zero-order valence-electron chi connectivity index (χ0n) is 9.75. The summed E-state index contributed by atoms with van der Waals surface area (Å²) in [5.74, 6) is 0.601. The molecule has 0 N–H and O–H groups in total. The van der Waals surface area contributed by atoms with E-state index in [1.807, 2.05) is 0 Å². The van der Waals surface area contributed by atoms with Crippen LogP contribution >= 0.6 is 0 Å². The predicted octanol–water partition coefficient (Wildman–Crippen LogP) is 3.90. The van der Waals surface area contributed by atoms with Crippen LogP contribution in [-0.2, 0) is 6.42 Å². The van der Waals surface area contributed by atoms with Gasteiger partial charge in [-0.15, -0.1) is 0 Å². The van der Waals surface area contributed by atoms with Crippen LogP contribution in [0.2, 0.25) is 0 Å². The van der Waals surface area contributed by atoms with Gasteiger partial charge in [-0.05, 0) is 55.4 Å². The minimum Gasteiger partial charge on any atom is -0.0773 e. The van der Waals surface area contributed by atoms with Gasteiger partial charge in [0, 0.05) is 0 Å². The lowest BCUT2D eigenvalue weighted by Crippen LogP contribution is -2.02. The fraction of sp³-hybridized carbons (Fsp3) is 0.333. The maximum Gasteiger partial charge on any atom is -0.000663 e. The van der Waals surface area contributed by atoms with Gasteiger partial charge in [-0.25, -0.2) is 0 Å². The fourth-order valence-electron chi connectivity index (χ4n) is 2.17. The van der Waals surface area contributed by atoms with Crippen LogP contribution in [0, 0.1) is 26.7 Å². The van der Waals surface area contributed by atoms with Gasteiger partial charge in [0.2, 0.25) is 0 Å². The first-order chi connectivity index (χ1) is 7.18. The fourth-order valence-corrected chi connectivity index (χ4v) is 2.17. The van der Waals surface area contributed by atoms with Gasteiger partial charge < -0.3 is 0 Å². The molecule has 0 bridgehead atoms. The molecule has 0 radical (unpaired) electrons. The topological polar surface area (TPSA) is 0 Å². The molecule has 1 aliphatic rings. The summed E-state index contributed by atoms with van der Waals surface area (Å²) in [7, 11) is 0. The van der Waals surface area contributed by atoms with E-state index in [9.17, 15) is 0 Å². The smallest absolute Gasteiger partial charge is 0.000663 e. The number of hydrogen-bond donors (Lipinski definition) is 0. The van der Waals surface area contributed by atoms with E-state index < -0.39 is 0 Å². The zero-order valence-corrected chi connectivity index (χ0v) is 9.75. The number of hydrogen-bond acceptors (Lipinski definition) is 0. The van der Waals surface area contributed by atoms with Crippen molar-refractivity contribution in [2.75, 3.05) is 0 Å². The molecule has 1 aromatic rings. The van der Waals surface area contributed by atoms with Crippen molar-refractivity contribution in [1.82, 2.24) is 0 Å². The Morgan fingerprint density at radius 2 is 1.53 bits per heavy atom. The molecule has 15 heavy (non-hydrogen) atoms. The average Bonchev–Trinajstić information content (AvgIpc) is 2.71. The first-order valence-electron chi connectivity index (χ1n) is 5.59. The van der Waals surface area contributed by atoms with Gasteiger partial charge >= 0.3 is 0 Å². The molecule has 0 saturated carbocycles. The van der Waals surface area contributed by atoms with Crippen LogP contribution in [0.5, 0.6) is 0 Å². The van der Waals surface area contributed by atoms with Crippen molar-refractivity contribution >= 4 is 0 Å². The summed E-state index contributed by atoms with van der Waals surface area (Å²) < 4.78 is 0. The first kappa shape index (κ1) is 10.2.